The predicted octanol–water partition coefficient (Wildman–Crippen LogP) is 1.62. The van der Waals surface area contributed by atoms with Crippen molar-refractivity contribution >= 4 is 11.6 Å². The minimum absolute atomic E-state index is 0.146. The molecule has 0 atom stereocenters. The van der Waals surface area contributed by atoms with E-state index in [0.29, 0.717) is 25.3 Å². The van der Waals surface area contributed by atoms with Gasteiger partial charge in [-0.05, 0) is 12.5 Å². The lowest BCUT2D eigenvalue weighted by Gasteiger charge is -2.11. The second kappa shape index (κ2) is 5.71. The molecule has 0 aromatic carbocycles. The number of hydrogen-bond donors (Lipinski definition) is 1. The summed E-state index contributed by atoms with van der Waals surface area (Å²) in [4.78, 5) is 15.2. The topological polar surface area (TPSA) is 73.1 Å². The number of carboxylic acids is 1. The van der Waals surface area contributed by atoms with Gasteiger partial charge in [-0.25, -0.2) is 9.78 Å². The summed E-state index contributed by atoms with van der Waals surface area (Å²) in [5.41, 5.74) is 1.66. The van der Waals surface area contributed by atoms with E-state index >= 15 is 0 Å². The second-order valence-corrected chi connectivity index (χ2v) is 4.00. The number of rotatable bonds is 6. The van der Waals surface area contributed by atoms with Crippen LogP contribution in [0.5, 0.6) is 5.75 Å². The van der Waals surface area contributed by atoms with Gasteiger partial charge in [0.25, 0.3) is 0 Å². The van der Waals surface area contributed by atoms with Crippen molar-refractivity contribution in [2.75, 3.05) is 20.3 Å². The monoisotopic (exact) mass is 264 g/mol. The van der Waals surface area contributed by atoms with Gasteiger partial charge in [0.1, 0.15) is 18.0 Å². The summed E-state index contributed by atoms with van der Waals surface area (Å²) in [5, 5.41) is 9.07. The maximum Gasteiger partial charge on any atom is 0.354 e. The molecule has 0 aliphatic rings. The number of carboxylic acid groups (broad SMARTS) is 1. The zero-order valence-corrected chi connectivity index (χ0v) is 10.9. The molecule has 6 heteroatoms. The lowest BCUT2D eigenvalue weighted by molar-refractivity contribution is 0.0689. The summed E-state index contributed by atoms with van der Waals surface area (Å²) in [5.74, 6) is -0.280. The standard InChI is InChI=1S/C13H16N2O4/c1-3-9-11(19-7-6-18-2)4-5-15-10(13(16)17)8-14-12(9)15/h4-5,8H,3,6-7H2,1-2H3,(H,16,17). The zero-order chi connectivity index (χ0) is 13.8. The molecule has 0 fully saturated rings. The predicted molar refractivity (Wildman–Crippen MR) is 68.9 cm³/mol. The Morgan fingerprint density at radius 3 is 2.89 bits per heavy atom. The second-order valence-electron chi connectivity index (χ2n) is 4.00. The van der Waals surface area contributed by atoms with Gasteiger partial charge in [0, 0.05) is 18.9 Å². The molecule has 6 nitrogen and oxygen atoms in total. The van der Waals surface area contributed by atoms with Crippen molar-refractivity contribution in [1.29, 1.82) is 0 Å². The van der Waals surface area contributed by atoms with Gasteiger partial charge < -0.3 is 14.6 Å². The molecule has 0 aliphatic carbocycles. The van der Waals surface area contributed by atoms with Crippen molar-refractivity contribution in [3.8, 4) is 5.75 Å². The van der Waals surface area contributed by atoms with Gasteiger partial charge in [0.05, 0.1) is 12.8 Å². The third kappa shape index (κ3) is 2.53. The van der Waals surface area contributed by atoms with Crippen LogP contribution in [0.25, 0.3) is 5.65 Å². The van der Waals surface area contributed by atoms with Crippen LogP contribution in [0.4, 0.5) is 0 Å². The van der Waals surface area contributed by atoms with Gasteiger partial charge >= 0.3 is 5.97 Å². The van der Waals surface area contributed by atoms with E-state index in [4.69, 9.17) is 14.6 Å². The normalized spacial score (nSPS) is 10.8. The minimum atomic E-state index is -0.998. The van der Waals surface area contributed by atoms with Crippen LogP contribution >= 0.6 is 0 Å². The lowest BCUT2D eigenvalue weighted by Crippen LogP contribution is -2.08. The van der Waals surface area contributed by atoms with E-state index in [1.165, 1.54) is 6.20 Å². The lowest BCUT2D eigenvalue weighted by atomic mass is 10.2. The van der Waals surface area contributed by atoms with Crippen molar-refractivity contribution in [3.63, 3.8) is 0 Å². The maximum atomic E-state index is 11.1. The molecule has 19 heavy (non-hydrogen) atoms. The number of methoxy groups -OCH3 is 1. The molecular formula is C13H16N2O4. The number of imidazole rings is 1. The zero-order valence-electron chi connectivity index (χ0n) is 10.9. The molecule has 0 amide bonds. The number of fused-ring (bicyclic) bond motifs is 1. The molecule has 0 radical (unpaired) electrons. The van der Waals surface area contributed by atoms with Crippen LogP contribution in [-0.2, 0) is 11.2 Å². The molecule has 2 aromatic rings. The maximum absolute atomic E-state index is 11.1. The number of aryl methyl sites for hydroxylation is 1. The van der Waals surface area contributed by atoms with Crippen molar-refractivity contribution in [3.05, 3.63) is 29.7 Å². The molecule has 2 heterocycles. The van der Waals surface area contributed by atoms with Crippen LogP contribution in [-0.4, -0.2) is 40.8 Å². The van der Waals surface area contributed by atoms with Crippen LogP contribution in [0, 0.1) is 0 Å². The Kier molecular flexibility index (Phi) is 4.01. The van der Waals surface area contributed by atoms with Crippen LogP contribution in [0.15, 0.2) is 18.5 Å². The Hall–Kier alpha value is -2.08. The summed E-state index contributed by atoms with van der Waals surface area (Å²) >= 11 is 0. The molecule has 0 aliphatic heterocycles. The molecule has 1 N–H and O–H groups in total. The van der Waals surface area contributed by atoms with Crippen molar-refractivity contribution in [2.24, 2.45) is 0 Å². The minimum Gasteiger partial charge on any atom is -0.491 e. The van der Waals surface area contributed by atoms with Gasteiger partial charge in [-0.1, -0.05) is 6.92 Å². The number of nitrogens with zero attached hydrogens (tertiary/aromatic N) is 2. The van der Waals surface area contributed by atoms with Crippen molar-refractivity contribution in [1.82, 2.24) is 9.38 Å². The van der Waals surface area contributed by atoms with E-state index < -0.39 is 5.97 Å². The molecular weight excluding hydrogens is 248 g/mol. The molecule has 0 bridgehead atoms. The highest BCUT2D eigenvalue weighted by Gasteiger charge is 2.15. The molecule has 0 saturated carbocycles. The van der Waals surface area contributed by atoms with E-state index in [1.807, 2.05) is 6.92 Å². The third-order valence-corrected chi connectivity index (χ3v) is 2.86. The molecule has 102 valence electrons. The average molecular weight is 264 g/mol. The fourth-order valence-corrected chi connectivity index (χ4v) is 1.95. The Balaban J connectivity index is 2.42. The summed E-state index contributed by atoms with van der Waals surface area (Å²) in [6.07, 6.45) is 3.73. The number of aromatic nitrogens is 2. The third-order valence-electron chi connectivity index (χ3n) is 2.86. The number of carbonyl (C=O) groups is 1. The van der Waals surface area contributed by atoms with E-state index in [1.54, 1.807) is 23.8 Å². The summed E-state index contributed by atoms with van der Waals surface area (Å²) in [7, 11) is 1.61. The smallest absolute Gasteiger partial charge is 0.354 e. The Labute approximate surface area is 110 Å². The quantitative estimate of drug-likeness (QED) is 0.802. The highest BCUT2D eigenvalue weighted by atomic mass is 16.5. The average Bonchev–Trinajstić information content (AvgIpc) is 2.82. The summed E-state index contributed by atoms with van der Waals surface area (Å²) < 4.78 is 12.1. The highest BCUT2D eigenvalue weighted by molar-refractivity contribution is 5.87. The molecule has 2 rings (SSSR count). The fraction of sp³-hybridized carbons (Fsp3) is 0.385. The number of pyridine rings is 1. The Morgan fingerprint density at radius 1 is 1.47 bits per heavy atom. The van der Waals surface area contributed by atoms with Gasteiger partial charge in [-0.15, -0.1) is 0 Å². The summed E-state index contributed by atoms with van der Waals surface area (Å²) in [6, 6.07) is 1.76. The largest absolute Gasteiger partial charge is 0.491 e. The van der Waals surface area contributed by atoms with Crippen molar-refractivity contribution in [2.45, 2.75) is 13.3 Å². The first-order valence-electron chi connectivity index (χ1n) is 6.03. The van der Waals surface area contributed by atoms with Crippen LogP contribution in [0.2, 0.25) is 0 Å². The van der Waals surface area contributed by atoms with Gasteiger partial charge in [-0.2, -0.15) is 0 Å². The van der Waals surface area contributed by atoms with Crippen LogP contribution in [0.1, 0.15) is 23.0 Å². The first-order valence-corrected chi connectivity index (χ1v) is 6.03. The molecule has 0 saturated heterocycles. The number of hydrogen-bond acceptors (Lipinski definition) is 4. The van der Waals surface area contributed by atoms with E-state index in [0.717, 1.165) is 11.3 Å². The number of ether oxygens (including phenoxy) is 2. The SMILES string of the molecule is CCc1c(OCCOC)ccn2c(C(=O)O)cnc12. The Bertz CT molecular complexity index is 592. The fourth-order valence-electron chi connectivity index (χ4n) is 1.95. The number of aromatic carboxylic acids is 1. The first-order chi connectivity index (χ1) is 9.19. The van der Waals surface area contributed by atoms with Crippen molar-refractivity contribution < 1.29 is 19.4 Å². The summed E-state index contributed by atoms with van der Waals surface area (Å²) in [6.45, 7) is 2.93. The van der Waals surface area contributed by atoms with E-state index in [-0.39, 0.29) is 5.69 Å². The van der Waals surface area contributed by atoms with E-state index in [2.05, 4.69) is 4.98 Å². The Morgan fingerprint density at radius 2 is 2.26 bits per heavy atom. The van der Waals surface area contributed by atoms with Crippen LogP contribution < -0.4 is 4.74 Å². The van der Waals surface area contributed by atoms with Gasteiger partial charge in [-0.3, -0.25) is 4.40 Å². The van der Waals surface area contributed by atoms with Gasteiger partial charge in [0.2, 0.25) is 0 Å². The van der Waals surface area contributed by atoms with E-state index in [9.17, 15) is 4.79 Å². The molecule has 0 unspecified atom stereocenters. The van der Waals surface area contributed by atoms with Crippen LogP contribution in [0.3, 0.4) is 0 Å². The first kappa shape index (κ1) is 13.4. The highest BCUT2D eigenvalue weighted by Crippen LogP contribution is 2.24. The van der Waals surface area contributed by atoms with Gasteiger partial charge in [0.15, 0.2) is 5.69 Å². The molecule has 0 spiro atoms. The molecule has 2 aromatic heterocycles.